The van der Waals surface area contributed by atoms with E-state index in [-0.39, 0.29) is 11.7 Å². The lowest BCUT2D eigenvalue weighted by Crippen LogP contribution is -1.97. The van der Waals surface area contributed by atoms with Crippen LogP contribution in [0.15, 0.2) is 28.7 Å². The van der Waals surface area contributed by atoms with Gasteiger partial charge in [0.1, 0.15) is 17.5 Å². The molecule has 2 N–H and O–H groups in total. The highest BCUT2D eigenvalue weighted by Crippen LogP contribution is 2.25. The minimum Gasteiger partial charge on any atom is -0.424 e. The van der Waals surface area contributed by atoms with Crippen molar-refractivity contribution in [3.05, 3.63) is 40.1 Å². The number of ether oxygens (including phenoxy) is 1. The molecule has 0 aliphatic heterocycles. The SMILES string of the molecule is Cc1cc(C#N)nc(Oc2cc(N)cc(Br)c2)n1. The molecule has 5 nitrogen and oxygen atoms in total. The summed E-state index contributed by atoms with van der Waals surface area (Å²) in [6.07, 6.45) is 0. The number of halogens is 1. The lowest BCUT2D eigenvalue weighted by atomic mass is 10.3. The van der Waals surface area contributed by atoms with E-state index in [0.29, 0.717) is 17.1 Å². The van der Waals surface area contributed by atoms with Crippen LogP contribution in [0.2, 0.25) is 0 Å². The van der Waals surface area contributed by atoms with Gasteiger partial charge < -0.3 is 10.5 Å². The molecule has 0 fully saturated rings. The van der Waals surface area contributed by atoms with Crippen LogP contribution < -0.4 is 10.5 Å². The number of hydrogen-bond donors (Lipinski definition) is 1. The van der Waals surface area contributed by atoms with Crippen molar-refractivity contribution in [2.75, 3.05) is 5.73 Å². The molecule has 1 aromatic carbocycles. The van der Waals surface area contributed by atoms with E-state index >= 15 is 0 Å². The third-order valence-corrected chi connectivity index (χ3v) is 2.51. The Balaban J connectivity index is 2.34. The Bertz CT molecular complexity index is 616. The molecule has 18 heavy (non-hydrogen) atoms. The van der Waals surface area contributed by atoms with Crippen molar-refractivity contribution in [1.82, 2.24) is 9.97 Å². The van der Waals surface area contributed by atoms with Crippen LogP contribution in [0.1, 0.15) is 11.4 Å². The van der Waals surface area contributed by atoms with Gasteiger partial charge in [0, 0.05) is 21.9 Å². The summed E-state index contributed by atoms with van der Waals surface area (Å²) in [6, 6.07) is 8.82. The Morgan fingerprint density at radius 1 is 1.28 bits per heavy atom. The van der Waals surface area contributed by atoms with E-state index in [1.54, 1.807) is 31.2 Å². The summed E-state index contributed by atoms with van der Waals surface area (Å²) in [6.45, 7) is 1.77. The number of nitriles is 1. The highest BCUT2D eigenvalue weighted by Gasteiger charge is 2.05. The van der Waals surface area contributed by atoms with Crippen LogP contribution in [0.5, 0.6) is 11.8 Å². The van der Waals surface area contributed by atoms with Gasteiger partial charge in [-0.3, -0.25) is 0 Å². The van der Waals surface area contributed by atoms with Gasteiger partial charge >= 0.3 is 6.01 Å². The number of nitrogens with two attached hydrogens (primary N) is 1. The second kappa shape index (κ2) is 5.02. The molecule has 0 amide bonds. The lowest BCUT2D eigenvalue weighted by Gasteiger charge is -2.06. The summed E-state index contributed by atoms with van der Waals surface area (Å²) in [5.74, 6) is 0.511. The predicted molar refractivity (Wildman–Crippen MR) is 70.1 cm³/mol. The largest absolute Gasteiger partial charge is 0.424 e. The summed E-state index contributed by atoms with van der Waals surface area (Å²) >= 11 is 3.32. The summed E-state index contributed by atoms with van der Waals surface area (Å²) in [5.41, 5.74) is 7.19. The smallest absolute Gasteiger partial charge is 0.323 e. The first-order valence-corrected chi connectivity index (χ1v) is 5.86. The molecule has 90 valence electrons. The van der Waals surface area contributed by atoms with Crippen molar-refractivity contribution < 1.29 is 4.74 Å². The van der Waals surface area contributed by atoms with Gasteiger partial charge in [-0.1, -0.05) is 15.9 Å². The van der Waals surface area contributed by atoms with Crippen molar-refractivity contribution >= 4 is 21.6 Å². The molecule has 2 aromatic rings. The quantitative estimate of drug-likeness (QED) is 0.862. The number of aryl methyl sites for hydroxylation is 1. The van der Waals surface area contributed by atoms with E-state index in [4.69, 9.17) is 15.7 Å². The molecule has 0 spiro atoms. The summed E-state index contributed by atoms with van der Waals surface area (Å²) in [4.78, 5) is 8.05. The molecule has 0 aliphatic carbocycles. The number of anilines is 1. The van der Waals surface area contributed by atoms with Gasteiger partial charge in [0.2, 0.25) is 0 Å². The zero-order chi connectivity index (χ0) is 13.1. The molecule has 0 saturated heterocycles. The normalized spacial score (nSPS) is 9.83. The van der Waals surface area contributed by atoms with E-state index in [1.807, 2.05) is 6.07 Å². The predicted octanol–water partition coefficient (Wildman–Crippen LogP) is 2.79. The molecule has 0 bridgehead atoms. The van der Waals surface area contributed by atoms with Gasteiger partial charge in [-0.05, 0) is 25.1 Å². The molecule has 0 radical (unpaired) electrons. The van der Waals surface area contributed by atoms with Crippen LogP contribution in [-0.4, -0.2) is 9.97 Å². The van der Waals surface area contributed by atoms with Crippen LogP contribution in [0, 0.1) is 18.3 Å². The molecular formula is C12H9BrN4O. The molecule has 0 aliphatic rings. The standard InChI is InChI=1S/C12H9BrN4O/c1-7-2-10(6-14)17-12(16-7)18-11-4-8(13)3-9(15)5-11/h2-5H,15H2,1H3. The van der Waals surface area contributed by atoms with Crippen LogP contribution in [0.25, 0.3) is 0 Å². The van der Waals surface area contributed by atoms with Gasteiger partial charge in [-0.25, -0.2) is 4.98 Å². The maximum atomic E-state index is 8.82. The van der Waals surface area contributed by atoms with Crippen LogP contribution >= 0.6 is 15.9 Å². The minimum atomic E-state index is 0.129. The number of aromatic nitrogens is 2. The Labute approximate surface area is 112 Å². The van der Waals surface area contributed by atoms with Crippen molar-refractivity contribution in [2.45, 2.75) is 6.92 Å². The van der Waals surface area contributed by atoms with Gasteiger partial charge in [0.25, 0.3) is 0 Å². The average molecular weight is 305 g/mol. The fourth-order valence-corrected chi connectivity index (χ4v) is 1.88. The topological polar surface area (TPSA) is 84.8 Å². The molecule has 0 unspecified atom stereocenters. The third kappa shape index (κ3) is 2.96. The van der Waals surface area contributed by atoms with Gasteiger partial charge in [0.15, 0.2) is 0 Å². The van der Waals surface area contributed by atoms with E-state index in [0.717, 1.165) is 4.47 Å². The Hall–Kier alpha value is -2.13. The van der Waals surface area contributed by atoms with Gasteiger partial charge in [0.05, 0.1) is 0 Å². The molecule has 1 heterocycles. The van der Waals surface area contributed by atoms with Crippen molar-refractivity contribution in [3.63, 3.8) is 0 Å². The molecule has 6 heteroatoms. The van der Waals surface area contributed by atoms with Crippen molar-refractivity contribution in [1.29, 1.82) is 5.26 Å². The second-order valence-corrected chi connectivity index (χ2v) is 4.53. The highest BCUT2D eigenvalue weighted by molar-refractivity contribution is 9.10. The first kappa shape index (κ1) is 12.3. The van der Waals surface area contributed by atoms with Crippen molar-refractivity contribution in [3.8, 4) is 17.8 Å². The third-order valence-electron chi connectivity index (χ3n) is 2.05. The summed E-state index contributed by atoms with van der Waals surface area (Å²) < 4.78 is 6.28. The number of nitrogen functional groups attached to an aromatic ring is 1. The van der Waals surface area contributed by atoms with Gasteiger partial charge in [-0.2, -0.15) is 10.2 Å². The van der Waals surface area contributed by atoms with Crippen molar-refractivity contribution in [2.24, 2.45) is 0 Å². The maximum Gasteiger partial charge on any atom is 0.323 e. The first-order valence-electron chi connectivity index (χ1n) is 5.06. The number of benzene rings is 1. The average Bonchev–Trinajstić information content (AvgIpc) is 2.26. The van der Waals surface area contributed by atoms with Crippen LogP contribution in [-0.2, 0) is 0 Å². The number of nitrogens with zero attached hydrogens (tertiary/aromatic N) is 3. The lowest BCUT2D eigenvalue weighted by molar-refractivity contribution is 0.439. The number of rotatable bonds is 2. The molecule has 0 atom stereocenters. The van der Waals surface area contributed by atoms with E-state index in [1.165, 1.54) is 0 Å². The summed E-state index contributed by atoms with van der Waals surface area (Å²) in [7, 11) is 0. The van der Waals surface area contributed by atoms with E-state index in [9.17, 15) is 0 Å². The number of hydrogen-bond acceptors (Lipinski definition) is 5. The maximum absolute atomic E-state index is 8.82. The highest BCUT2D eigenvalue weighted by atomic mass is 79.9. The van der Waals surface area contributed by atoms with E-state index < -0.39 is 0 Å². The van der Waals surface area contributed by atoms with Crippen LogP contribution in [0.4, 0.5) is 5.69 Å². The zero-order valence-corrected chi connectivity index (χ0v) is 11.1. The fourth-order valence-electron chi connectivity index (χ4n) is 1.39. The molecule has 0 saturated carbocycles. The zero-order valence-electron chi connectivity index (χ0n) is 9.51. The monoisotopic (exact) mass is 304 g/mol. The molecule has 1 aromatic heterocycles. The minimum absolute atomic E-state index is 0.129. The fraction of sp³-hybridized carbons (Fsp3) is 0.0833. The molecular weight excluding hydrogens is 296 g/mol. The Kier molecular flexibility index (Phi) is 3.44. The second-order valence-electron chi connectivity index (χ2n) is 3.61. The molecule has 2 rings (SSSR count). The van der Waals surface area contributed by atoms with E-state index in [2.05, 4.69) is 25.9 Å². The van der Waals surface area contributed by atoms with Gasteiger partial charge in [-0.15, -0.1) is 0 Å². The Morgan fingerprint density at radius 2 is 2.06 bits per heavy atom. The summed E-state index contributed by atoms with van der Waals surface area (Å²) in [5, 5.41) is 8.82. The Morgan fingerprint density at radius 3 is 2.72 bits per heavy atom. The first-order chi connectivity index (χ1) is 8.56. The van der Waals surface area contributed by atoms with Crippen LogP contribution in [0.3, 0.4) is 0 Å².